The minimum absolute atomic E-state index is 0.444. The summed E-state index contributed by atoms with van der Waals surface area (Å²) in [6.07, 6.45) is 1.94. The number of pyridine rings is 1. The van der Waals surface area contributed by atoms with Crippen LogP contribution < -0.4 is 9.47 Å². The van der Waals surface area contributed by atoms with E-state index >= 15 is 0 Å². The molecule has 0 spiro atoms. The van der Waals surface area contributed by atoms with Crippen molar-refractivity contribution in [3.63, 3.8) is 0 Å². The van der Waals surface area contributed by atoms with E-state index in [1.807, 2.05) is 29.9 Å². The Balaban J connectivity index is 2.03. The van der Waals surface area contributed by atoms with Crippen molar-refractivity contribution in [1.82, 2.24) is 14.8 Å². The van der Waals surface area contributed by atoms with Crippen molar-refractivity contribution in [2.45, 2.75) is 27.0 Å². The van der Waals surface area contributed by atoms with Crippen molar-refractivity contribution in [2.24, 2.45) is 0 Å². The van der Waals surface area contributed by atoms with E-state index in [0.717, 1.165) is 23.7 Å². The Hall–Kier alpha value is -2.04. The Bertz CT molecular complexity index is 523. The van der Waals surface area contributed by atoms with Gasteiger partial charge in [0.15, 0.2) is 0 Å². The molecule has 96 valence electrons. The zero-order valence-corrected chi connectivity index (χ0v) is 10.9. The Morgan fingerprint density at radius 1 is 1.33 bits per heavy atom. The van der Waals surface area contributed by atoms with E-state index in [4.69, 9.17) is 9.47 Å². The molecule has 0 aliphatic heterocycles. The van der Waals surface area contributed by atoms with Crippen LogP contribution in [0.3, 0.4) is 0 Å². The molecular formula is C13H17N3O2. The summed E-state index contributed by atoms with van der Waals surface area (Å²) in [7, 11) is 1.59. The van der Waals surface area contributed by atoms with Gasteiger partial charge >= 0.3 is 0 Å². The van der Waals surface area contributed by atoms with Gasteiger partial charge in [0, 0.05) is 30.6 Å². The number of aromatic nitrogens is 3. The average molecular weight is 247 g/mol. The summed E-state index contributed by atoms with van der Waals surface area (Å²) >= 11 is 0. The monoisotopic (exact) mass is 247 g/mol. The van der Waals surface area contributed by atoms with Crippen LogP contribution in [-0.2, 0) is 13.2 Å². The van der Waals surface area contributed by atoms with Crippen LogP contribution in [0, 0.1) is 6.92 Å². The number of ether oxygens (including phenoxy) is 2. The van der Waals surface area contributed by atoms with Crippen LogP contribution in [-0.4, -0.2) is 21.9 Å². The molecule has 2 aromatic rings. The lowest BCUT2D eigenvalue weighted by molar-refractivity contribution is 0.295. The minimum atomic E-state index is 0.444. The van der Waals surface area contributed by atoms with Crippen LogP contribution in [0.25, 0.3) is 0 Å². The molecule has 2 rings (SSSR count). The van der Waals surface area contributed by atoms with Crippen molar-refractivity contribution >= 4 is 0 Å². The van der Waals surface area contributed by atoms with Crippen molar-refractivity contribution in [2.75, 3.05) is 7.11 Å². The number of hydrogen-bond donors (Lipinski definition) is 0. The second-order valence-electron chi connectivity index (χ2n) is 3.94. The normalized spacial score (nSPS) is 10.4. The van der Waals surface area contributed by atoms with E-state index in [1.165, 1.54) is 0 Å². The van der Waals surface area contributed by atoms with Crippen LogP contribution in [0.5, 0.6) is 11.6 Å². The van der Waals surface area contributed by atoms with E-state index in [0.29, 0.717) is 12.5 Å². The summed E-state index contributed by atoms with van der Waals surface area (Å²) in [5.74, 6) is 1.30. The molecule has 0 atom stereocenters. The molecule has 2 aromatic heterocycles. The first-order chi connectivity index (χ1) is 8.71. The molecule has 0 radical (unpaired) electrons. The van der Waals surface area contributed by atoms with Gasteiger partial charge < -0.3 is 9.47 Å². The summed E-state index contributed by atoms with van der Waals surface area (Å²) in [5, 5.41) is 4.35. The van der Waals surface area contributed by atoms with E-state index in [9.17, 15) is 0 Å². The quantitative estimate of drug-likeness (QED) is 0.812. The molecule has 5 heteroatoms. The zero-order valence-electron chi connectivity index (χ0n) is 10.9. The second-order valence-corrected chi connectivity index (χ2v) is 3.94. The van der Waals surface area contributed by atoms with Crippen LogP contribution in [0.15, 0.2) is 24.4 Å². The first-order valence-electron chi connectivity index (χ1n) is 5.89. The Kier molecular flexibility index (Phi) is 3.82. The van der Waals surface area contributed by atoms with Crippen molar-refractivity contribution in [3.8, 4) is 11.6 Å². The molecule has 2 heterocycles. The number of aryl methyl sites for hydroxylation is 2. The maximum Gasteiger partial charge on any atom is 0.216 e. The highest BCUT2D eigenvalue weighted by atomic mass is 16.5. The highest BCUT2D eigenvalue weighted by Gasteiger charge is 2.03. The standard InChI is InChI=1S/C13H17N3O2/c1-4-16-6-5-11(15-16)9-18-12-7-10(2)14-13(8-12)17-3/h5-8H,4,9H2,1-3H3. The van der Waals surface area contributed by atoms with Crippen molar-refractivity contribution < 1.29 is 9.47 Å². The average Bonchev–Trinajstić information content (AvgIpc) is 2.83. The number of rotatable bonds is 5. The van der Waals surface area contributed by atoms with Gasteiger partial charge in [0.05, 0.1) is 12.8 Å². The van der Waals surface area contributed by atoms with Crippen molar-refractivity contribution in [3.05, 3.63) is 35.8 Å². The van der Waals surface area contributed by atoms with Gasteiger partial charge in [0.25, 0.3) is 0 Å². The molecule has 0 aromatic carbocycles. The van der Waals surface area contributed by atoms with Crippen LogP contribution >= 0.6 is 0 Å². The zero-order chi connectivity index (χ0) is 13.0. The summed E-state index contributed by atoms with van der Waals surface area (Å²) in [4.78, 5) is 4.20. The molecule has 0 bridgehead atoms. The molecule has 0 amide bonds. The summed E-state index contributed by atoms with van der Waals surface area (Å²) < 4.78 is 12.6. The molecule has 0 fully saturated rings. The fraction of sp³-hybridized carbons (Fsp3) is 0.385. The largest absolute Gasteiger partial charge is 0.487 e. The summed E-state index contributed by atoms with van der Waals surface area (Å²) in [5.41, 5.74) is 1.77. The van der Waals surface area contributed by atoms with Crippen LogP contribution in [0.2, 0.25) is 0 Å². The second kappa shape index (κ2) is 5.53. The highest BCUT2D eigenvalue weighted by Crippen LogP contribution is 2.19. The molecule has 5 nitrogen and oxygen atoms in total. The Morgan fingerprint density at radius 3 is 2.83 bits per heavy atom. The highest BCUT2D eigenvalue weighted by molar-refractivity contribution is 5.30. The molecule has 18 heavy (non-hydrogen) atoms. The van der Waals surface area contributed by atoms with Crippen LogP contribution in [0.4, 0.5) is 0 Å². The van der Waals surface area contributed by atoms with Gasteiger partial charge in [-0.15, -0.1) is 0 Å². The molecule has 0 saturated heterocycles. The Morgan fingerprint density at radius 2 is 2.17 bits per heavy atom. The maximum absolute atomic E-state index is 5.68. The van der Waals surface area contributed by atoms with Crippen molar-refractivity contribution in [1.29, 1.82) is 0 Å². The number of hydrogen-bond acceptors (Lipinski definition) is 4. The van der Waals surface area contributed by atoms with E-state index in [1.54, 1.807) is 13.2 Å². The molecule has 0 saturated carbocycles. The molecule has 0 aliphatic carbocycles. The maximum atomic E-state index is 5.68. The van der Waals surface area contributed by atoms with Gasteiger partial charge in [-0.1, -0.05) is 0 Å². The minimum Gasteiger partial charge on any atom is -0.487 e. The molecular weight excluding hydrogens is 230 g/mol. The van der Waals surface area contributed by atoms with Crippen LogP contribution in [0.1, 0.15) is 18.3 Å². The molecule has 0 unspecified atom stereocenters. The van der Waals surface area contributed by atoms with Gasteiger partial charge in [-0.25, -0.2) is 4.98 Å². The number of methoxy groups -OCH3 is 1. The SMILES string of the molecule is CCn1ccc(COc2cc(C)nc(OC)c2)n1. The predicted octanol–water partition coefficient (Wildman–Crippen LogP) is 2.19. The van der Waals surface area contributed by atoms with Gasteiger partial charge in [-0.3, -0.25) is 4.68 Å². The van der Waals surface area contributed by atoms with E-state index < -0.39 is 0 Å². The smallest absolute Gasteiger partial charge is 0.216 e. The predicted molar refractivity (Wildman–Crippen MR) is 67.8 cm³/mol. The molecule has 0 N–H and O–H groups in total. The third-order valence-electron chi connectivity index (χ3n) is 2.52. The first-order valence-corrected chi connectivity index (χ1v) is 5.89. The topological polar surface area (TPSA) is 49.2 Å². The number of nitrogens with zero attached hydrogens (tertiary/aromatic N) is 3. The fourth-order valence-corrected chi connectivity index (χ4v) is 1.61. The van der Waals surface area contributed by atoms with Gasteiger partial charge in [-0.2, -0.15) is 5.10 Å². The third kappa shape index (κ3) is 3.00. The Labute approximate surface area is 106 Å². The van der Waals surface area contributed by atoms with Gasteiger partial charge in [0.1, 0.15) is 12.4 Å². The first kappa shape index (κ1) is 12.4. The summed E-state index contributed by atoms with van der Waals surface area (Å²) in [6, 6.07) is 5.60. The fourth-order valence-electron chi connectivity index (χ4n) is 1.61. The van der Waals surface area contributed by atoms with E-state index in [-0.39, 0.29) is 0 Å². The summed E-state index contributed by atoms with van der Waals surface area (Å²) in [6.45, 7) is 5.26. The van der Waals surface area contributed by atoms with Gasteiger partial charge in [0.2, 0.25) is 5.88 Å². The lowest BCUT2D eigenvalue weighted by Gasteiger charge is -2.07. The molecule has 0 aliphatic rings. The lowest BCUT2D eigenvalue weighted by atomic mass is 10.3. The van der Waals surface area contributed by atoms with Gasteiger partial charge in [-0.05, 0) is 19.9 Å². The lowest BCUT2D eigenvalue weighted by Crippen LogP contribution is -2.00. The van der Waals surface area contributed by atoms with E-state index in [2.05, 4.69) is 17.0 Å². The third-order valence-corrected chi connectivity index (χ3v) is 2.52.